The zero-order chi connectivity index (χ0) is 18.4. The maximum absolute atomic E-state index is 12.4. The molecular formula is C18H26N2O4S. The lowest BCUT2D eigenvalue weighted by Gasteiger charge is -2.16. The van der Waals surface area contributed by atoms with E-state index in [1.807, 2.05) is 6.92 Å². The van der Waals surface area contributed by atoms with Crippen LogP contribution in [0, 0.1) is 13.8 Å². The number of hydrogen-bond acceptors (Lipinski definition) is 5. The van der Waals surface area contributed by atoms with E-state index in [0.29, 0.717) is 10.6 Å². The average Bonchev–Trinajstić information content (AvgIpc) is 2.71. The SMILES string of the molecule is CC(=O)Nc1sc(C)c(C)c1C(=O)OCC(=O)NC1CCCCCC1. The zero-order valence-corrected chi connectivity index (χ0v) is 15.9. The number of rotatable bonds is 5. The Hall–Kier alpha value is -1.89. The van der Waals surface area contributed by atoms with Gasteiger partial charge in [-0.3, -0.25) is 9.59 Å². The van der Waals surface area contributed by atoms with Crippen LogP contribution in [0.5, 0.6) is 0 Å². The number of amides is 2. The van der Waals surface area contributed by atoms with E-state index >= 15 is 0 Å². The molecule has 1 saturated carbocycles. The van der Waals surface area contributed by atoms with Crippen LogP contribution in [0.3, 0.4) is 0 Å². The summed E-state index contributed by atoms with van der Waals surface area (Å²) in [4.78, 5) is 36.7. The molecule has 1 aliphatic carbocycles. The van der Waals surface area contributed by atoms with Gasteiger partial charge >= 0.3 is 5.97 Å². The van der Waals surface area contributed by atoms with Crippen LogP contribution in [-0.2, 0) is 14.3 Å². The third-order valence-electron chi connectivity index (χ3n) is 4.43. The monoisotopic (exact) mass is 366 g/mol. The van der Waals surface area contributed by atoms with E-state index in [1.54, 1.807) is 6.92 Å². The quantitative estimate of drug-likeness (QED) is 0.618. The van der Waals surface area contributed by atoms with E-state index in [2.05, 4.69) is 10.6 Å². The van der Waals surface area contributed by atoms with Gasteiger partial charge in [0.15, 0.2) is 6.61 Å². The van der Waals surface area contributed by atoms with Crippen molar-refractivity contribution < 1.29 is 19.1 Å². The molecule has 0 radical (unpaired) electrons. The molecule has 2 rings (SSSR count). The lowest BCUT2D eigenvalue weighted by atomic mass is 10.1. The summed E-state index contributed by atoms with van der Waals surface area (Å²) < 4.78 is 5.18. The fourth-order valence-corrected chi connectivity index (χ4v) is 4.11. The van der Waals surface area contributed by atoms with E-state index in [1.165, 1.54) is 31.1 Å². The molecule has 1 aliphatic rings. The fourth-order valence-electron chi connectivity index (χ4n) is 3.02. The molecule has 6 nitrogen and oxygen atoms in total. The van der Waals surface area contributed by atoms with Crippen molar-refractivity contribution in [2.24, 2.45) is 0 Å². The summed E-state index contributed by atoms with van der Waals surface area (Å²) in [5.41, 5.74) is 1.10. The van der Waals surface area contributed by atoms with Gasteiger partial charge in [0.1, 0.15) is 5.00 Å². The first kappa shape index (κ1) is 19.4. The van der Waals surface area contributed by atoms with Crippen LogP contribution in [0.4, 0.5) is 5.00 Å². The van der Waals surface area contributed by atoms with Crippen molar-refractivity contribution in [3.8, 4) is 0 Å². The van der Waals surface area contributed by atoms with Crippen LogP contribution in [0.2, 0.25) is 0 Å². The minimum Gasteiger partial charge on any atom is -0.452 e. The van der Waals surface area contributed by atoms with Crippen LogP contribution in [-0.4, -0.2) is 30.4 Å². The highest BCUT2D eigenvalue weighted by Crippen LogP contribution is 2.32. The number of esters is 1. The standard InChI is InChI=1S/C18H26N2O4S/c1-11-12(2)25-17(19-13(3)21)16(11)18(23)24-10-15(22)20-14-8-6-4-5-7-9-14/h14H,4-10H2,1-3H3,(H,19,21)(H,20,22). The van der Waals surface area contributed by atoms with Gasteiger partial charge in [0.25, 0.3) is 5.91 Å². The van der Waals surface area contributed by atoms with E-state index in [0.717, 1.165) is 36.1 Å². The van der Waals surface area contributed by atoms with Crippen LogP contribution < -0.4 is 10.6 Å². The molecule has 25 heavy (non-hydrogen) atoms. The summed E-state index contributed by atoms with van der Waals surface area (Å²) in [5, 5.41) is 6.07. The first-order valence-electron chi connectivity index (χ1n) is 8.72. The van der Waals surface area contributed by atoms with Crippen molar-refractivity contribution in [3.05, 3.63) is 16.0 Å². The van der Waals surface area contributed by atoms with Gasteiger partial charge in [-0.2, -0.15) is 0 Å². The lowest BCUT2D eigenvalue weighted by molar-refractivity contribution is -0.125. The van der Waals surface area contributed by atoms with Gasteiger partial charge in [-0.1, -0.05) is 25.7 Å². The van der Waals surface area contributed by atoms with Gasteiger partial charge < -0.3 is 15.4 Å². The Labute approximate surface area is 152 Å². The molecule has 0 saturated heterocycles. The number of ether oxygens (including phenoxy) is 1. The number of hydrogen-bond donors (Lipinski definition) is 2. The third-order valence-corrected chi connectivity index (χ3v) is 5.56. The van der Waals surface area contributed by atoms with Crippen molar-refractivity contribution in [2.75, 3.05) is 11.9 Å². The number of carbonyl (C=O) groups is 3. The second kappa shape index (κ2) is 8.99. The van der Waals surface area contributed by atoms with Gasteiger partial charge in [0.05, 0.1) is 5.56 Å². The Bertz CT molecular complexity index is 646. The Kier molecular flexibility index (Phi) is 6.99. The Morgan fingerprint density at radius 1 is 1.12 bits per heavy atom. The van der Waals surface area contributed by atoms with E-state index in [-0.39, 0.29) is 24.5 Å². The zero-order valence-electron chi connectivity index (χ0n) is 15.1. The highest BCUT2D eigenvalue weighted by atomic mass is 32.1. The largest absolute Gasteiger partial charge is 0.452 e. The molecule has 0 aromatic carbocycles. The Morgan fingerprint density at radius 3 is 2.36 bits per heavy atom. The summed E-state index contributed by atoms with van der Waals surface area (Å²) in [6.07, 6.45) is 6.63. The molecular weight excluding hydrogens is 340 g/mol. The van der Waals surface area contributed by atoms with Crippen LogP contribution in [0.1, 0.15) is 66.2 Å². The maximum Gasteiger partial charge on any atom is 0.341 e. The predicted molar refractivity (Wildman–Crippen MR) is 98.0 cm³/mol. The van der Waals surface area contributed by atoms with Crippen molar-refractivity contribution in [3.63, 3.8) is 0 Å². The molecule has 1 aromatic rings. The number of carbonyl (C=O) groups excluding carboxylic acids is 3. The molecule has 1 heterocycles. The molecule has 0 atom stereocenters. The highest BCUT2D eigenvalue weighted by Gasteiger charge is 2.23. The molecule has 0 spiro atoms. The Balaban J connectivity index is 1.93. The number of nitrogens with one attached hydrogen (secondary N) is 2. The summed E-state index contributed by atoms with van der Waals surface area (Å²) in [6, 6.07) is 0.175. The van der Waals surface area contributed by atoms with Crippen molar-refractivity contribution in [1.29, 1.82) is 0 Å². The normalized spacial score (nSPS) is 15.3. The molecule has 2 N–H and O–H groups in total. The van der Waals surface area contributed by atoms with Crippen LogP contribution in [0.25, 0.3) is 0 Å². The molecule has 0 unspecified atom stereocenters. The molecule has 138 valence electrons. The smallest absolute Gasteiger partial charge is 0.341 e. The first-order valence-corrected chi connectivity index (χ1v) is 9.54. The van der Waals surface area contributed by atoms with Gasteiger partial charge in [-0.15, -0.1) is 11.3 Å². The van der Waals surface area contributed by atoms with E-state index in [4.69, 9.17) is 4.74 Å². The van der Waals surface area contributed by atoms with Crippen LogP contribution in [0.15, 0.2) is 0 Å². The molecule has 7 heteroatoms. The van der Waals surface area contributed by atoms with Crippen molar-refractivity contribution in [1.82, 2.24) is 5.32 Å². The molecule has 0 aliphatic heterocycles. The molecule has 0 bridgehead atoms. The first-order chi connectivity index (χ1) is 11.9. The maximum atomic E-state index is 12.4. The molecule has 2 amide bonds. The van der Waals surface area contributed by atoms with Crippen molar-refractivity contribution >= 4 is 34.1 Å². The summed E-state index contributed by atoms with van der Waals surface area (Å²) in [6.45, 7) is 4.77. The van der Waals surface area contributed by atoms with Gasteiger partial charge in [-0.05, 0) is 32.3 Å². The highest BCUT2D eigenvalue weighted by molar-refractivity contribution is 7.16. The summed E-state index contributed by atoms with van der Waals surface area (Å²) in [5.74, 6) is -1.10. The molecule has 1 aromatic heterocycles. The van der Waals surface area contributed by atoms with Gasteiger partial charge in [0.2, 0.25) is 5.91 Å². The second-order valence-corrected chi connectivity index (χ2v) is 7.73. The average molecular weight is 366 g/mol. The van der Waals surface area contributed by atoms with Gasteiger partial charge in [-0.25, -0.2) is 4.79 Å². The minimum absolute atomic E-state index is 0.175. The Morgan fingerprint density at radius 2 is 1.76 bits per heavy atom. The number of aryl methyl sites for hydroxylation is 1. The predicted octanol–water partition coefficient (Wildman–Crippen LogP) is 3.32. The summed E-state index contributed by atoms with van der Waals surface area (Å²) in [7, 11) is 0. The number of anilines is 1. The molecule has 1 fully saturated rings. The van der Waals surface area contributed by atoms with E-state index in [9.17, 15) is 14.4 Å². The van der Waals surface area contributed by atoms with Gasteiger partial charge in [0, 0.05) is 17.8 Å². The second-order valence-electron chi connectivity index (χ2n) is 6.50. The van der Waals surface area contributed by atoms with E-state index < -0.39 is 5.97 Å². The fraction of sp³-hybridized carbons (Fsp3) is 0.611. The minimum atomic E-state index is -0.582. The summed E-state index contributed by atoms with van der Waals surface area (Å²) >= 11 is 1.33. The number of thiophene rings is 1. The van der Waals surface area contributed by atoms with Crippen LogP contribution >= 0.6 is 11.3 Å². The lowest BCUT2D eigenvalue weighted by Crippen LogP contribution is -2.37. The third kappa shape index (κ3) is 5.56. The van der Waals surface area contributed by atoms with Crippen molar-refractivity contribution in [2.45, 2.75) is 65.3 Å². The topological polar surface area (TPSA) is 84.5 Å².